The molecule has 1 aromatic carbocycles. The molecule has 1 N–H and O–H groups in total. The first kappa shape index (κ1) is 10.7. The highest BCUT2D eigenvalue weighted by atomic mass is 14.7. The van der Waals surface area contributed by atoms with Crippen molar-refractivity contribution in [1.29, 1.82) is 10.5 Å². The lowest BCUT2D eigenvalue weighted by atomic mass is 10.0. The molecule has 1 heterocycles. The first-order valence-electron chi connectivity index (χ1n) is 5.09. The molecule has 0 amide bonds. The van der Waals surface area contributed by atoms with Crippen LogP contribution in [0.25, 0.3) is 11.6 Å². The number of aromatic nitrogens is 1. The number of aromatic amines is 1. The van der Waals surface area contributed by atoms with Crippen molar-refractivity contribution in [3.05, 3.63) is 59.4 Å². The van der Waals surface area contributed by atoms with Crippen molar-refractivity contribution in [2.45, 2.75) is 0 Å². The zero-order valence-electron chi connectivity index (χ0n) is 9.01. The second-order valence-electron chi connectivity index (χ2n) is 3.49. The molecule has 3 heteroatoms. The molecule has 2 aromatic rings. The maximum Gasteiger partial charge on any atom is 0.0998 e. The molecule has 17 heavy (non-hydrogen) atoms. The molecule has 0 unspecified atom stereocenters. The van der Waals surface area contributed by atoms with Gasteiger partial charge in [0.15, 0.2) is 0 Å². The Kier molecular flexibility index (Phi) is 3.05. The second-order valence-corrected chi connectivity index (χ2v) is 3.49. The number of nitrogens with zero attached hydrogens (tertiary/aromatic N) is 2. The summed E-state index contributed by atoms with van der Waals surface area (Å²) in [6.07, 6.45) is 3.56. The van der Waals surface area contributed by atoms with Gasteiger partial charge in [0, 0.05) is 11.9 Å². The number of hydrogen-bond donors (Lipinski definition) is 1. The SMILES string of the molecule is N#C/C(=C\c1ccc[nH]1)c1cccc(C#N)c1. The topological polar surface area (TPSA) is 63.4 Å². The standard InChI is InChI=1S/C14H9N3/c15-9-11-3-1-4-12(7-11)13(10-16)8-14-5-2-6-17-14/h1-8,17H/b13-8+. The van der Waals surface area contributed by atoms with Gasteiger partial charge in [0.2, 0.25) is 0 Å². The molecule has 0 spiro atoms. The Labute approximate surface area is 99.3 Å². The maximum atomic E-state index is 9.13. The van der Waals surface area contributed by atoms with Crippen molar-refractivity contribution in [1.82, 2.24) is 4.98 Å². The zero-order valence-corrected chi connectivity index (χ0v) is 9.01. The van der Waals surface area contributed by atoms with Gasteiger partial charge in [-0.25, -0.2) is 0 Å². The van der Waals surface area contributed by atoms with Crippen molar-refractivity contribution >= 4 is 11.6 Å². The van der Waals surface area contributed by atoms with Crippen LogP contribution < -0.4 is 0 Å². The van der Waals surface area contributed by atoms with E-state index in [1.807, 2.05) is 18.2 Å². The van der Waals surface area contributed by atoms with Crippen LogP contribution >= 0.6 is 0 Å². The fourth-order valence-corrected chi connectivity index (χ4v) is 1.53. The summed E-state index contributed by atoms with van der Waals surface area (Å²) in [5, 5.41) is 17.9. The van der Waals surface area contributed by atoms with E-state index in [1.54, 1.807) is 30.5 Å². The molecule has 0 aliphatic rings. The average molecular weight is 219 g/mol. The smallest absolute Gasteiger partial charge is 0.0998 e. The number of H-pyrrole nitrogens is 1. The second kappa shape index (κ2) is 4.83. The molecule has 0 saturated heterocycles. The van der Waals surface area contributed by atoms with Gasteiger partial charge in [-0.1, -0.05) is 12.1 Å². The lowest BCUT2D eigenvalue weighted by Gasteiger charge is -1.99. The first-order chi connectivity index (χ1) is 8.33. The van der Waals surface area contributed by atoms with Crippen LogP contribution in [0, 0.1) is 22.7 Å². The van der Waals surface area contributed by atoms with Crippen LogP contribution in [0.5, 0.6) is 0 Å². The average Bonchev–Trinajstić information content (AvgIpc) is 2.89. The summed E-state index contributed by atoms with van der Waals surface area (Å²) in [7, 11) is 0. The minimum Gasteiger partial charge on any atom is -0.362 e. The third-order valence-electron chi connectivity index (χ3n) is 2.34. The van der Waals surface area contributed by atoms with Crippen molar-refractivity contribution in [2.75, 3.05) is 0 Å². The van der Waals surface area contributed by atoms with E-state index in [9.17, 15) is 0 Å². The van der Waals surface area contributed by atoms with Crippen LogP contribution in [-0.2, 0) is 0 Å². The van der Waals surface area contributed by atoms with Gasteiger partial charge in [-0.15, -0.1) is 0 Å². The highest BCUT2D eigenvalue weighted by Gasteiger charge is 2.02. The Balaban J connectivity index is 2.44. The summed E-state index contributed by atoms with van der Waals surface area (Å²) in [4.78, 5) is 3.01. The third-order valence-corrected chi connectivity index (χ3v) is 2.34. The molecule has 0 aliphatic carbocycles. The first-order valence-corrected chi connectivity index (χ1v) is 5.09. The third kappa shape index (κ3) is 2.42. The fraction of sp³-hybridized carbons (Fsp3) is 0. The predicted octanol–water partition coefficient (Wildman–Crippen LogP) is 2.95. The number of nitrogens with one attached hydrogen (secondary N) is 1. The van der Waals surface area contributed by atoms with Crippen molar-refractivity contribution in [3.63, 3.8) is 0 Å². The highest BCUT2D eigenvalue weighted by Crippen LogP contribution is 2.17. The van der Waals surface area contributed by atoms with Gasteiger partial charge >= 0.3 is 0 Å². The predicted molar refractivity (Wildman–Crippen MR) is 65.4 cm³/mol. The van der Waals surface area contributed by atoms with E-state index in [2.05, 4.69) is 17.1 Å². The normalized spacial score (nSPS) is 10.6. The molecule has 0 fully saturated rings. The number of allylic oxidation sites excluding steroid dienone is 1. The summed E-state index contributed by atoms with van der Waals surface area (Å²) < 4.78 is 0. The summed E-state index contributed by atoms with van der Waals surface area (Å²) in [5.41, 5.74) is 2.70. The summed E-state index contributed by atoms with van der Waals surface area (Å²) in [6, 6.07) is 15.0. The Hall–Kier alpha value is -2.78. The van der Waals surface area contributed by atoms with Gasteiger partial charge in [-0.2, -0.15) is 10.5 Å². The molecule has 3 nitrogen and oxygen atoms in total. The van der Waals surface area contributed by atoms with E-state index >= 15 is 0 Å². The molecule has 1 aromatic heterocycles. The molecule has 0 bridgehead atoms. The quantitative estimate of drug-likeness (QED) is 0.789. The van der Waals surface area contributed by atoms with E-state index in [-0.39, 0.29) is 0 Å². The minimum absolute atomic E-state index is 0.532. The molecule has 0 atom stereocenters. The van der Waals surface area contributed by atoms with E-state index in [4.69, 9.17) is 10.5 Å². The molecule has 0 radical (unpaired) electrons. The highest BCUT2D eigenvalue weighted by molar-refractivity contribution is 5.89. The Morgan fingerprint density at radius 1 is 1.18 bits per heavy atom. The molecule has 0 saturated carbocycles. The van der Waals surface area contributed by atoms with Crippen LogP contribution in [0.3, 0.4) is 0 Å². The van der Waals surface area contributed by atoms with E-state index in [0.29, 0.717) is 11.1 Å². The van der Waals surface area contributed by atoms with E-state index in [1.165, 1.54) is 0 Å². The number of nitriles is 2. The summed E-state index contributed by atoms with van der Waals surface area (Å²) >= 11 is 0. The monoisotopic (exact) mass is 219 g/mol. The molecule has 0 aliphatic heterocycles. The van der Waals surface area contributed by atoms with Gasteiger partial charge in [0.05, 0.1) is 23.3 Å². The lowest BCUT2D eigenvalue weighted by Crippen LogP contribution is -1.84. The van der Waals surface area contributed by atoms with Gasteiger partial charge in [-0.3, -0.25) is 0 Å². The van der Waals surface area contributed by atoms with Gasteiger partial charge < -0.3 is 4.98 Å². The van der Waals surface area contributed by atoms with Crippen LogP contribution in [0.2, 0.25) is 0 Å². The van der Waals surface area contributed by atoms with Crippen LogP contribution in [0.15, 0.2) is 42.6 Å². The van der Waals surface area contributed by atoms with Crippen molar-refractivity contribution in [3.8, 4) is 12.1 Å². The molecule has 80 valence electrons. The van der Waals surface area contributed by atoms with E-state index in [0.717, 1.165) is 11.3 Å². The molecular formula is C14H9N3. The Morgan fingerprint density at radius 2 is 2.06 bits per heavy atom. The van der Waals surface area contributed by atoms with Gasteiger partial charge in [-0.05, 0) is 35.9 Å². The van der Waals surface area contributed by atoms with Crippen molar-refractivity contribution in [2.24, 2.45) is 0 Å². The Morgan fingerprint density at radius 3 is 2.71 bits per heavy atom. The largest absolute Gasteiger partial charge is 0.362 e. The van der Waals surface area contributed by atoms with Crippen LogP contribution in [0.4, 0.5) is 0 Å². The van der Waals surface area contributed by atoms with Gasteiger partial charge in [0.25, 0.3) is 0 Å². The van der Waals surface area contributed by atoms with Crippen molar-refractivity contribution < 1.29 is 0 Å². The van der Waals surface area contributed by atoms with Gasteiger partial charge in [0.1, 0.15) is 0 Å². The summed E-state index contributed by atoms with van der Waals surface area (Å²) in [6.45, 7) is 0. The number of rotatable bonds is 2. The zero-order chi connectivity index (χ0) is 12.1. The minimum atomic E-state index is 0.532. The molecular weight excluding hydrogens is 210 g/mol. The Bertz CT molecular complexity index is 622. The number of hydrogen-bond acceptors (Lipinski definition) is 2. The number of benzene rings is 1. The summed E-state index contributed by atoms with van der Waals surface area (Å²) in [5.74, 6) is 0. The van der Waals surface area contributed by atoms with Crippen LogP contribution in [0.1, 0.15) is 16.8 Å². The van der Waals surface area contributed by atoms with E-state index < -0.39 is 0 Å². The maximum absolute atomic E-state index is 9.13. The van der Waals surface area contributed by atoms with Crippen LogP contribution in [-0.4, -0.2) is 4.98 Å². The molecule has 2 rings (SSSR count). The fourth-order valence-electron chi connectivity index (χ4n) is 1.53. The lowest BCUT2D eigenvalue weighted by molar-refractivity contribution is 1.38.